The minimum atomic E-state index is -0.403. The molecule has 0 radical (unpaired) electrons. The van der Waals surface area contributed by atoms with Crippen molar-refractivity contribution < 1.29 is 9.59 Å². The molecule has 0 unspecified atom stereocenters. The third-order valence-electron chi connectivity index (χ3n) is 5.57. The van der Waals surface area contributed by atoms with E-state index in [1.807, 2.05) is 24.3 Å². The first-order chi connectivity index (χ1) is 13.3. The maximum Gasteiger partial charge on any atom is 0.315 e. The lowest BCUT2D eigenvalue weighted by atomic mass is 9.90. The largest absolute Gasteiger partial charge is 0.336 e. The molecular formula is C21H24N4O3. The predicted octanol–water partition coefficient (Wildman–Crippen LogP) is 1.78. The number of urea groups is 1. The van der Waals surface area contributed by atoms with Crippen LogP contribution < -0.4 is 16.2 Å². The summed E-state index contributed by atoms with van der Waals surface area (Å²) < 4.78 is 1.53. The molecule has 2 N–H and O–H groups in total. The van der Waals surface area contributed by atoms with Crippen LogP contribution in [0.2, 0.25) is 0 Å². The van der Waals surface area contributed by atoms with Crippen LogP contribution in [0, 0.1) is 6.92 Å². The Morgan fingerprint density at radius 3 is 2.57 bits per heavy atom. The molecule has 146 valence electrons. The first-order valence-electron chi connectivity index (χ1n) is 9.47. The molecule has 1 aromatic heterocycles. The maximum atomic E-state index is 13.2. The van der Waals surface area contributed by atoms with E-state index in [2.05, 4.69) is 24.5 Å². The Morgan fingerprint density at radius 1 is 1.18 bits per heavy atom. The second-order valence-electron chi connectivity index (χ2n) is 8.05. The number of hydrogen-bond donors (Lipinski definition) is 2. The molecule has 4 rings (SSSR count). The van der Waals surface area contributed by atoms with E-state index in [4.69, 9.17) is 0 Å². The van der Waals surface area contributed by atoms with Crippen LogP contribution in [0.4, 0.5) is 4.79 Å². The number of pyridine rings is 1. The minimum Gasteiger partial charge on any atom is -0.336 e. The topological polar surface area (TPSA) is 83.4 Å². The van der Waals surface area contributed by atoms with Crippen LogP contribution in [-0.2, 0) is 0 Å². The normalized spacial score (nSPS) is 17.4. The van der Waals surface area contributed by atoms with Crippen LogP contribution in [0.25, 0.3) is 5.69 Å². The number of aryl methyl sites for hydroxylation is 1. The molecule has 2 aliphatic rings. The maximum absolute atomic E-state index is 13.2. The second kappa shape index (κ2) is 6.51. The Kier molecular flexibility index (Phi) is 4.25. The lowest BCUT2D eigenvalue weighted by Gasteiger charge is -2.46. The van der Waals surface area contributed by atoms with Crippen molar-refractivity contribution in [2.75, 3.05) is 19.6 Å². The minimum absolute atomic E-state index is 0.185. The molecule has 7 heteroatoms. The average molecular weight is 380 g/mol. The third kappa shape index (κ3) is 2.96. The third-order valence-corrected chi connectivity index (χ3v) is 5.57. The zero-order valence-corrected chi connectivity index (χ0v) is 16.3. The monoisotopic (exact) mass is 380 g/mol. The number of hydrogen-bond acceptors (Lipinski definition) is 3. The van der Waals surface area contributed by atoms with Gasteiger partial charge in [-0.25, -0.2) is 4.79 Å². The molecule has 2 aromatic rings. The van der Waals surface area contributed by atoms with Gasteiger partial charge in [0.05, 0.1) is 5.54 Å². The van der Waals surface area contributed by atoms with Gasteiger partial charge >= 0.3 is 6.03 Å². The first-order valence-corrected chi connectivity index (χ1v) is 9.47. The van der Waals surface area contributed by atoms with E-state index in [1.54, 1.807) is 24.1 Å². The van der Waals surface area contributed by atoms with Gasteiger partial charge in [0.1, 0.15) is 5.56 Å². The molecule has 7 nitrogen and oxygen atoms in total. The first kappa shape index (κ1) is 18.3. The van der Waals surface area contributed by atoms with Crippen molar-refractivity contribution >= 4 is 11.9 Å². The lowest BCUT2D eigenvalue weighted by molar-refractivity contribution is 0.0394. The van der Waals surface area contributed by atoms with Crippen LogP contribution >= 0.6 is 0 Å². The zero-order chi connectivity index (χ0) is 20.1. The lowest BCUT2D eigenvalue weighted by Crippen LogP contribution is -2.70. The summed E-state index contributed by atoms with van der Waals surface area (Å²) in [6, 6.07) is 9.39. The molecule has 2 aliphatic heterocycles. The fourth-order valence-corrected chi connectivity index (χ4v) is 3.88. The summed E-state index contributed by atoms with van der Waals surface area (Å²) in [6.07, 6.45) is 1.71. The van der Waals surface area contributed by atoms with Crippen molar-refractivity contribution in [3.63, 3.8) is 0 Å². The number of carbonyl (C=O) groups excluding carboxylic acids is 2. The number of carbonyl (C=O) groups is 2. The van der Waals surface area contributed by atoms with Crippen LogP contribution in [-0.4, -0.2) is 46.6 Å². The van der Waals surface area contributed by atoms with Gasteiger partial charge in [-0.3, -0.25) is 14.2 Å². The molecule has 1 spiro atoms. The van der Waals surface area contributed by atoms with E-state index in [-0.39, 0.29) is 23.1 Å². The van der Waals surface area contributed by atoms with Gasteiger partial charge in [0, 0.05) is 31.5 Å². The number of rotatable bonds is 3. The van der Waals surface area contributed by atoms with Gasteiger partial charge in [-0.2, -0.15) is 0 Å². The number of amides is 3. The molecule has 0 bridgehead atoms. The smallest absolute Gasteiger partial charge is 0.315 e. The summed E-state index contributed by atoms with van der Waals surface area (Å²) in [5.41, 5.74) is 2.00. The van der Waals surface area contributed by atoms with Gasteiger partial charge in [-0.1, -0.05) is 26.0 Å². The fourth-order valence-electron chi connectivity index (χ4n) is 3.88. The number of likely N-dealkylation sites (tertiary alicyclic amines) is 1. The quantitative estimate of drug-likeness (QED) is 0.851. The highest BCUT2D eigenvalue weighted by Gasteiger charge is 2.50. The van der Waals surface area contributed by atoms with E-state index in [9.17, 15) is 14.4 Å². The number of nitrogens with zero attached hydrogens (tertiary/aromatic N) is 2. The summed E-state index contributed by atoms with van der Waals surface area (Å²) >= 11 is 0. The van der Waals surface area contributed by atoms with Crippen molar-refractivity contribution in [2.24, 2.45) is 0 Å². The number of aromatic nitrogens is 1. The zero-order valence-electron chi connectivity index (χ0n) is 16.3. The van der Waals surface area contributed by atoms with Crippen LogP contribution in [0.5, 0.6) is 0 Å². The van der Waals surface area contributed by atoms with Gasteiger partial charge < -0.3 is 15.5 Å². The van der Waals surface area contributed by atoms with Gasteiger partial charge in [-0.05, 0) is 42.2 Å². The molecule has 28 heavy (non-hydrogen) atoms. The van der Waals surface area contributed by atoms with E-state index in [0.29, 0.717) is 31.1 Å². The summed E-state index contributed by atoms with van der Waals surface area (Å²) in [5, 5.41) is 5.58. The fraction of sp³-hybridized carbons (Fsp3) is 0.381. The summed E-state index contributed by atoms with van der Waals surface area (Å²) in [5.74, 6) is 0.0540. The van der Waals surface area contributed by atoms with Crippen molar-refractivity contribution in [1.29, 1.82) is 0 Å². The van der Waals surface area contributed by atoms with Crippen LogP contribution in [0.15, 0.2) is 41.3 Å². The molecule has 1 aromatic carbocycles. The molecule has 0 atom stereocenters. The summed E-state index contributed by atoms with van der Waals surface area (Å²) in [4.78, 5) is 39.2. The van der Waals surface area contributed by atoms with Gasteiger partial charge in [0.2, 0.25) is 0 Å². The molecule has 0 aliphatic carbocycles. The van der Waals surface area contributed by atoms with Gasteiger partial charge in [-0.15, -0.1) is 0 Å². The Bertz CT molecular complexity index is 1020. The summed E-state index contributed by atoms with van der Waals surface area (Å²) in [6.45, 7) is 7.28. The van der Waals surface area contributed by atoms with Gasteiger partial charge in [0.25, 0.3) is 11.5 Å². The van der Waals surface area contributed by atoms with Crippen molar-refractivity contribution in [3.8, 4) is 5.69 Å². The highest BCUT2D eigenvalue weighted by atomic mass is 16.2. The van der Waals surface area contributed by atoms with Crippen LogP contribution in [0.1, 0.15) is 41.3 Å². The number of nitrogens with one attached hydrogen (secondary N) is 2. The molecular weight excluding hydrogens is 356 g/mol. The Hall–Kier alpha value is -3.09. The molecule has 2 fully saturated rings. The standard InChI is InChI=1S/C21H24N4O3/c1-13(2)15-5-4-6-16(9-15)25-8-7-14(3)17(19(25)27)18(26)24-11-21(12-24)10-22-20(28)23-21/h4-9,13H,10-12H2,1-3H3,(H2,22,23,28). The Balaban J connectivity index is 1.65. The highest BCUT2D eigenvalue weighted by molar-refractivity contribution is 5.96. The summed E-state index contributed by atoms with van der Waals surface area (Å²) in [7, 11) is 0. The van der Waals surface area contributed by atoms with E-state index in [0.717, 1.165) is 11.3 Å². The Labute approximate surface area is 163 Å². The highest BCUT2D eigenvalue weighted by Crippen LogP contribution is 2.25. The van der Waals surface area contributed by atoms with E-state index >= 15 is 0 Å². The molecule has 2 saturated heterocycles. The van der Waals surface area contributed by atoms with Gasteiger partial charge in [0.15, 0.2) is 0 Å². The second-order valence-corrected chi connectivity index (χ2v) is 8.05. The molecule has 3 amide bonds. The van der Waals surface area contributed by atoms with E-state index < -0.39 is 5.54 Å². The van der Waals surface area contributed by atoms with Crippen molar-refractivity contribution in [1.82, 2.24) is 20.1 Å². The molecule has 3 heterocycles. The molecule has 0 saturated carbocycles. The Morgan fingerprint density at radius 2 is 1.93 bits per heavy atom. The van der Waals surface area contributed by atoms with E-state index in [1.165, 1.54) is 4.57 Å². The number of benzene rings is 1. The van der Waals surface area contributed by atoms with Crippen molar-refractivity contribution in [2.45, 2.75) is 32.2 Å². The average Bonchev–Trinajstić information content (AvgIpc) is 3.03. The predicted molar refractivity (Wildman–Crippen MR) is 106 cm³/mol. The SMILES string of the molecule is Cc1ccn(-c2cccc(C(C)C)c2)c(=O)c1C(=O)N1CC2(CNC(=O)N2)C1. The van der Waals surface area contributed by atoms with Crippen molar-refractivity contribution in [3.05, 3.63) is 63.6 Å². The van der Waals surface area contributed by atoms with Crippen LogP contribution in [0.3, 0.4) is 0 Å².